The molecule has 0 fully saturated rings. The minimum Gasteiger partial charge on any atom is -0.334 e. The van der Waals surface area contributed by atoms with Gasteiger partial charge in [-0.05, 0) is 35.9 Å². The first-order valence-corrected chi connectivity index (χ1v) is 5.72. The number of amides is 2. The Morgan fingerprint density at radius 1 is 1.24 bits per heavy atom. The van der Waals surface area contributed by atoms with Gasteiger partial charge >= 0.3 is 6.03 Å². The zero-order valence-electron chi connectivity index (χ0n) is 11.2. The normalized spacial score (nSPS) is 8.52. The van der Waals surface area contributed by atoms with Gasteiger partial charge in [-0.2, -0.15) is 5.26 Å². The second-order valence-electron chi connectivity index (χ2n) is 3.86. The minimum absolute atomic E-state index is 0. The number of nitrogens with zero attached hydrogens (tertiary/aromatic N) is 2. The number of hydrogen-bond donors (Lipinski definition) is 2. The van der Waals surface area contributed by atoms with E-state index in [1.807, 2.05) is 18.2 Å². The molecule has 2 aromatic rings. The van der Waals surface area contributed by atoms with Gasteiger partial charge in [-0.15, -0.1) is 12.4 Å². The van der Waals surface area contributed by atoms with E-state index in [9.17, 15) is 4.79 Å². The second-order valence-corrected chi connectivity index (χ2v) is 3.86. The molecule has 0 aliphatic carbocycles. The third-order valence-corrected chi connectivity index (χ3v) is 2.45. The largest absolute Gasteiger partial charge is 0.334 e. The molecule has 1 aromatic carbocycles. The first-order chi connectivity index (χ1) is 9.28. The van der Waals surface area contributed by atoms with E-state index in [4.69, 9.17) is 5.26 Å². The Kier molecular flexibility index (Phi) is 8.95. The molecule has 0 atom stereocenters. The summed E-state index contributed by atoms with van der Waals surface area (Å²) in [5, 5.41) is 14.1. The van der Waals surface area contributed by atoms with Crippen molar-refractivity contribution < 1.29 is 24.3 Å². The molecule has 2 rings (SSSR count). The molecule has 1 aromatic heterocycles. The standard InChI is InChI=1S/C14H12N4O.ClH.Zn/c15-8-11-3-5-13(6-4-11)18-14(19)17-10-12-2-1-7-16-9-12;;/h1-7,9H,10H2,(H2,17,18,19);1H;. The predicted octanol–water partition coefficient (Wildman–Crippen LogP) is 2.69. The molecule has 0 aliphatic heterocycles. The van der Waals surface area contributed by atoms with Crippen molar-refractivity contribution in [3.8, 4) is 6.07 Å². The monoisotopic (exact) mass is 352 g/mol. The Hall–Kier alpha value is -1.96. The average molecular weight is 354 g/mol. The Bertz CT molecular complexity index is 599. The number of nitriles is 1. The number of rotatable bonds is 3. The van der Waals surface area contributed by atoms with Crippen molar-refractivity contribution >= 4 is 24.1 Å². The van der Waals surface area contributed by atoms with Crippen LogP contribution in [0, 0.1) is 11.3 Å². The van der Waals surface area contributed by atoms with E-state index in [-0.39, 0.29) is 37.9 Å². The number of urea groups is 1. The van der Waals surface area contributed by atoms with Crippen molar-refractivity contribution in [3.63, 3.8) is 0 Å². The molecule has 2 amide bonds. The zero-order valence-corrected chi connectivity index (χ0v) is 15.0. The van der Waals surface area contributed by atoms with E-state index in [1.165, 1.54) is 0 Å². The molecule has 104 valence electrons. The van der Waals surface area contributed by atoms with Crippen LogP contribution in [-0.2, 0) is 26.0 Å². The molecule has 0 bridgehead atoms. The summed E-state index contributed by atoms with van der Waals surface area (Å²) in [6, 6.07) is 12.1. The Balaban J connectivity index is 0.00000200. The number of hydrogen-bond acceptors (Lipinski definition) is 3. The smallest absolute Gasteiger partial charge is 0.319 e. The molecule has 5 nitrogen and oxygen atoms in total. The molecule has 0 aliphatic rings. The maximum atomic E-state index is 11.6. The van der Waals surface area contributed by atoms with Crippen molar-refractivity contribution in [3.05, 3.63) is 59.9 Å². The number of aromatic nitrogens is 1. The second kappa shape index (κ2) is 9.87. The van der Waals surface area contributed by atoms with Gasteiger partial charge in [0, 0.05) is 44.1 Å². The van der Waals surface area contributed by atoms with E-state index in [0.717, 1.165) is 5.56 Å². The minimum atomic E-state index is -0.298. The number of halogens is 1. The Morgan fingerprint density at radius 3 is 2.52 bits per heavy atom. The van der Waals surface area contributed by atoms with Crippen LogP contribution >= 0.6 is 12.4 Å². The van der Waals surface area contributed by atoms with Crippen LogP contribution in [0.4, 0.5) is 10.5 Å². The summed E-state index contributed by atoms with van der Waals surface area (Å²) in [6.07, 6.45) is 3.38. The molecule has 0 spiro atoms. The third kappa shape index (κ3) is 6.35. The molecule has 0 saturated carbocycles. The van der Waals surface area contributed by atoms with Gasteiger partial charge in [0.05, 0.1) is 11.6 Å². The fourth-order valence-corrected chi connectivity index (χ4v) is 1.49. The van der Waals surface area contributed by atoms with Crippen LogP contribution in [0.15, 0.2) is 48.8 Å². The van der Waals surface area contributed by atoms with Gasteiger partial charge in [0.25, 0.3) is 0 Å². The van der Waals surface area contributed by atoms with Gasteiger partial charge < -0.3 is 10.6 Å². The first-order valence-electron chi connectivity index (χ1n) is 5.72. The summed E-state index contributed by atoms with van der Waals surface area (Å²) in [5.41, 5.74) is 2.13. The topological polar surface area (TPSA) is 77.8 Å². The molecule has 7 heteroatoms. The molecule has 0 unspecified atom stereocenters. The van der Waals surface area contributed by atoms with Crippen molar-refractivity contribution in [2.24, 2.45) is 0 Å². The van der Waals surface area contributed by atoms with Gasteiger partial charge in [0.2, 0.25) is 0 Å². The van der Waals surface area contributed by atoms with Crippen LogP contribution in [0.5, 0.6) is 0 Å². The Morgan fingerprint density at radius 2 is 1.95 bits per heavy atom. The van der Waals surface area contributed by atoms with Crippen LogP contribution in [-0.4, -0.2) is 11.0 Å². The molecule has 1 heterocycles. The van der Waals surface area contributed by atoms with E-state index < -0.39 is 0 Å². The maximum Gasteiger partial charge on any atom is 0.319 e. The molecule has 2 N–H and O–H groups in total. The van der Waals surface area contributed by atoms with E-state index in [2.05, 4.69) is 15.6 Å². The first kappa shape index (κ1) is 19.0. The Labute approximate surface area is 141 Å². The van der Waals surface area contributed by atoms with Crippen molar-refractivity contribution in [2.45, 2.75) is 6.54 Å². The fourth-order valence-electron chi connectivity index (χ4n) is 1.49. The molecular formula is C14H13ClN4OZn. The van der Waals surface area contributed by atoms with Gasteiger partial charge in [-0.1, -0.05) is 6.07 Å². The van der Waals surface area contributed by atoms with E-state index >= 15 is 0 Å². The molecule has 21 heavy (non-hydrogen) atoms. The summed E-state index contributed by atoms with van der Waals surface area (Å²) in [7, 11) is 0. The van der Waals surface area contributed by atoms with Crippen LogP contribution in [0.2, 0.25) is 0 Å². The quantitative estimate of drug-likeness (QED) is 0.832. The van der Waals surface area contributed by atoms with Crippen LogP contribution < -0.4 is 10.6 Å². The van der Waals surface area contributed by atoms with E-state index in [1.54, 1.807) is 36.7 Å². The predicted molar refractivity (Wildman–Crippen MR) is 78.5 cm³/mol. The van der Waals surface area contributed by atoms with Crippen LogP contribution in [0.1, 0.15) is 11.1 Å². The van der Waals surface area contributed by atoms with Crippen LogP contribution in [0.25, 0.3) is 0 Å². The van der Waals surface area contributed by atoms with Gasteiger partial charge in [0.1, 0.15) is 0 Å². The average Bonchev–Trinajstić information content (AvgIpc) is 2.47. The maximum absolute atomic E-state index is 11.6. The number of nitrogens with one attached hydrogen (secondary N) is 2. The number of pyridine rings is 1. The van der Waals surface area contributed by atoms with Crippen molar-refractivity contribution in [2.75, 3.05) is 5.32 Å². The molecule has 0 saturated heterocycles. The number of benzene rings is 1. The number of carbonyl (C=O) groups is 1. The van der Waals surface area contributed by atoms with Gasteiger partial charge in [-0.25, -0.2) is 4.79 Å². The zero-order chi connectivity index (χ0) is 13.5. The molecular weight excluding hydrogens is 341 g/mol. The van der Waals surface area contributed by atoms with Crippen molar-refractivity contribution in [1.29, 1.82) is 5.26 Å². The van der Waals surface area contributed by atoms with Crippen LogP contribution in [0.3, 0.4) is 0 Å². The number of carbonyl (C=O) groups excluding carboxylic acids is 1. The van der Waals surface area contributed by atoms with Crippen molar-refractivity contribution in [1.82, 2.24) is 10.3 Å². The van der Waals surface area contributed by atoms with Gasteiger partial charge in [-0.3, -0.25) is 4.98 Å². The summed E-state index contributed by atoms with van der Waals surface area (Å²) >= 11 is 0. The molecule has 0 radical (unpaired) electrons. The fraction of sp³-hybridized carbons (Fsp3) is 0.0714. The SMILES string of the molecule is Cl.N#Cc1ccc(NC(=O)NCc2cccnc2)cc1.[Zn]. The number of anilines is 1. The summed E-state index contributed by atoms with van der Waals surface area (Å²) in [5.74, 6) is 0. The van der Waals surface area contributed by atoms with E-state index in [0.29, 0.717) is 17.8 Å². The van der Waals surface area contributed by atoms with Gasteiger partial charge in [0.15, 0.2) is 0 Å². The summed E-state index contributed by atoms with van der Waals surface area (Å²) in [6.45, 7) is 0.413. The third-order valence-electron chi connectivity index (χ3n) is 2.45. The summed E-state index contributed by atoms with van der Waals surface area (Å²) in [4.78, 5) is 15.6. The summed E-state index contributed by atoms with van der Waals surface area (Å²) < 4.78 is 0.